The number of nitrogens with two attached hydrogens (primary N) is 1. The van der Waals surface area contributed by atoms with Crippen LogP contribution in [0.5, 0.6) is 11.5 Å². The van der Waals surface area contributed by atoms with Crippen LogP contribution in [-0.4, -0.2) is 33.5 Å². The van der Waals surface area contributed by atoms with E-state index in [1.807, 2.05) is 58.2 Å². The fourth-order valence-corrected chi connectivity index (χ4v) is 5.52. The number of hydrazone groups is 1. The van der Waals surface area contributed by atoms with Crippen LogP contribution in [0.4, 0.5) is 0 Å². The van der Waals surface area contributed by atoms with Gasteiger partial charge in [0.15, 0.2) is 11.7 Å². The third kappa shape index (κ3) is 18.5. The van der Waals surface area contributed by atoms with Gasteiger partial charge in [0, 0.05) is 274 Å². The van der Waals surface area contributed by atoms with Gasteiger partial charge in [-0.3, -0.25) is 22.8 Å². The second-order valence-electron chi connectivity index (χ2n) is 11.3. The predicted molar refractivity (Wildman–Crippen MR) is 176 cm³/mol. The molecule has 6 rings (SSSR count). The van der Waals surface area contributed by atoms with Gasteiger partial charge < -0.3 is 30.7 Å². The number of hydrogen-bond donors (Lipinski definition) is 5. The molecule has 2 aliphatic carbocycles. The number of hydrogen-bond acceptors (Lipinski definition) is 7. The molecule has 0 fully saturated rings. The molecule has 0 aromatic heterocycles. The standard InChI is InChI=1S/C18H16N2O2.C11H12O2.C8H9N2O.8Y/c1-11-10-12(2)17(21)16-14(11)8-9-15(16)19-20-18(22)13-6-4-3-5-7-13;1-6-5-7(2)11(13)10-8(6)3-4-9(10)12;1-6-2-4-7(5-3-6)8(11)10-9;;;;;;;;/h4-6,10,21H,8-9H2,1-2H3,(H,20,22);5,13H,3-4H2,1-2H3;2-4H,9H2,1H3,(H,10,11);;;;;;;;/q-2;;-1;;;;;;;;/b19-15+;;;;;;;;;;. The number of Topliss-reactive ketones (excluding diaryl/α,β-unsaturated/α-hetero) is 1. The summed E-state index contributed by atoms with van der Waals surface area (Å²) in [5.74, 6) is 4.81. The van der Waals surface area contributed by atoms with Gasteiger partial charge in [-0.25, -0.2) is 23.8 Å². The smallest absolute Gasteiger partial charge is 0.179 e. The van der Waals surface area contributed by atoms with E-state index in [0.717, 1.165) is 63.1 Å². The number of nitrogens with zero attached hydrogens (tertiary/aromatic N) is 1. The number of hydrazine groups is 1. The van der Waals surface area contributed by atoms with Crippen molar-refractivity contribution in [3.63, 3.8) is 0 Å². The monoisotopic (exact) mass is 1330 g/mol. The first-order valence-corrected chi connectivity index (χ1v) is 14.8. The zero-order valence-electron chi connectivity index (χ0n) is 31.2. The number of phenolic OH excluding ortho intramolecular Hbond substituents is 2. The summed E-state index contributed by atoms with van der Waals surface area (Å²) in [5, 5.41) is 24.2. The number of aryl methyl sites for hydroxylation is 5. The number of phenols is 2. The van der Waals surface area contributed by atoms with Gasteiger partial charge in [0.2, 0.25) is 0 Å². The zero-order chi connectivity index (χ0) is 33.5. The maximum Gasteiger partial charge on any atom is 0.179 e. The van der Waals surface area contributed by atoms with Crippen LogP contribution >= 0.6 is 0 Å². The summed E-state index contributed by atoms with van der Waals surface area (Å²) in [6, 6.07) is 22.4. The molecule has 4 aromatic rings. The minimum atomic E-state index is -0.321. The molecule has 0 saturated carbocycles. The molecular weight excluding hydrogens is 1290 g/mol. The largest absolute Gasteiger partial charge is 0.507 e. The molecule has 54 heavy (non-hydrogen) atoms. The molecule has 0 saturated heterocycles. The minimum Gasteiger partial charge on any atom is -0.507 e. The summed E-state index contributed by atoms with van der Waals surface area (Å²) in [4.78, 5) is 34.3. The Bertz CT molecular complexity index is 1850. The normalized spacial score (nSPS) is 11.5. The van der Waals surface area contributed by atoms with Crippen LogP contribution in [0.1, 0.15) is 88.4 Å². The third-order valence-corrected chi connectivity index (χ3v) is 7.96. The molecule has 262 valence electrons. The Kier molecular flexibility index (Phi) is 40.9. The first-order chi connectivity index (χ1) is 21.9. The molecule has 6 N–H and O–H groups in total. The first kappa shape index (κ1) is 66.6. The molecule has 0 spiro atoms. The van der Waals surface area contributed by atoms with E-state index >= 15 is 0 Å². The van der Waals surface area contributed by atoms with Crippen molar-refractivity contribution in [1.29, 1.82) is 0 Å². The van der Waals surface area contributed by atoms with Gasteiger partial charge in [-0.1, -0.05) is 24.6 Å². The number of rotatable bonds is 3. The maximum absolute atomic E-state index is 12.0. The molecule has 0 bridgehead atoms. The van der Waals surface area contributed by atoms with E-state index in [1.54, 1.807) is 30.3 Å². The van der Waals surface area contributed by atoms with Crippen LogP contribution in [0.2, 0.25) is 0 Å². The van der Waals surface area contributed by atoms with Crippen molar-refractivity contribution in [2.75, 3.05) is 0 Å². The number of carbonyl (C=O) groups is 3. The number of amides is 2. The fraction of sp³-hybridized carbons (Fsp3) is 0.243. The zero-order valence-corrected chi connectivity index (χ0v) is 53.9. The van der Waals surface area contributed by atoms with Crippen molar-refractivity contribution in [3.8, 4) is 11.5 Å². The number of benzene rings is 4. The Morgan fingerprint density at radius 2 is 1.20 bits per heavy atom. The van der Waals surface area contributed by atoms with Crippen LogP contribution in [0.3, 0.4) is 0 Å². The van der Waals surface area contributed by atoms with E-state index in [2.05, 4.69) is 28.7 Å². The molecule has 0 heterocycles. The Labute approximate surface area is 520 Å². The molecule has 9 nitrogen and oxygen atoms in total. The van der Waals surface area contributed by atoms with Crippen LogP contribution in [0, 0.1) is 52.8 Å². The van der Waals surface area contributed by atoms with Crippen LogP contribution in [-0.2, 0) is 275 Å². The van der Waals surface area contributed by atoms with E-state index in [0.29, 0.717) is 29.5 Å². The maximum atomic E-state index is 12.0. The van der Waals surface area contributed by atoms with E-state index < -0.39 is 0 Å². The Morgan fingerprint density at radius 1 is 0.685 bits per heavy atom. The summed E-state index contributed by atoms with van der Waals surface area (Å²) < 4.78 is 0. The number of fused-ring (bicyclic) bond motifs is 2. The van der Waals surface area contributed by atoms with Crippen molar-refractivity contribution in [3.05, 3.63) is 128 Å². The van der Waals surface area contributed by atoms with Gasteiger partial charge in [-0.2, -0.15) is 5.10 Å². The molecular formula is C37H37N4O5Y8-3. The summed E-state index contributed by atoms with van der Waals surface area (Å²) >= 11 is 0. The molecule has 8 radical (unpaired) electrons. The summed E-state index contributed by atoms with van der Waals surface area (Å²) in [7, 11) is 0. The second kappa shape index (κ2) is 33.2. The van der Waals surface area contributed by atoms with Crippen molar-refractivity contribution in [2.45, 2.75) is 60.3 Å². The number of ketones is 1. The molecule has 17 heteroatoms. The number of nitrogens with one attached hydrogen (secondary N) is 2. The van der Waals surface area contributed by atoms with Crippen LogP contribution in [0.15, 0.2) is 53.6 Å². The number of aromatic hydroxyl groups is 2. The van der Waals surface area contributed by atoms with Gasteiger partial charge in [0.1, 0.15) is 11.5 Å². The molecule has 4 aromatic carbocycles. The van der Waals surface area contributed by atoms with E-state index in [4.69, 9.17) is 5.84 Å². The molecule has 0 aliphatic heterocycles. The van der Waals surface area contributed by atoms with Gasteiger partial charge in [0.05, 0.1) is 17.2 Å². The Balaban J connectivity index is -0.000000220. The summed E-state index contributed by atoms with van der Waals surface area (Å²) in [6.45, 7) is 9.65. The average molecular weight is 1330 g/mol. The van der Waals surface area contributed by atoms with Crippen molar-refractivity contribution >= 4 is 23.3 Å². The average Bonchev–Trinajstić information content (AvgIpc) is 3.67. The summed E-state index contributed by atoms with van der Waals surface area (Å²) in [6.07, 6.45) is 2.87. The third-order valence-electron chi connectivity index (χ3n) is 7.96. The predicted octanol–water partition coefficient (Wildman–Crippen LogP) is 5.21. The Morgan fingerprint density at radius 3 is 1.70 bits per heavy atom. The molecule has 0 atom stereocenters. The van der Waals surface area contributed by atoms with Crippen LogP contribution in [0.25, 0.3) is 0 Å². The first-order valence-electron chi connectivity index (χ1n) is 14.8. The van der Waals surface area contributed by atoms with E-state index in [-0.39, 0.29) is 291 Å². The number of carbonyl (C=O) groups excluding carboxylic acids is 3. The van der Waals surface area contributed by atoms with Crippen LogP contribution < -0.4 is 16.7 Å². The van der Waals surface area contributed by atoms with Gasteiger partial charge in [0.25, 0.3) is 0 Å². The second-order valence-corrected chi connectivity index (χ2v) is 11.3. The SMILES string of the molecule is Cc1c[c-]c(C(=O)NN)cc1.Cc1cc(C)c2c(c1O)/C(=N/NC(=O)c1[c-]c[c-]cc1)CC2.Cc1cc(C)c2c(c1O)C(=O)CC2.[Y].[Y].[Y].[Y].[Y].[Y].[Y].[Y]. The molecule has 2 amide bonds. The van der Waals surface area contributed by atoms with Crippen molar-refractivity contribution in [2.24, 2.45) is 10.9 Å². The summed E-state index contributed by atoms with van der Waals surface area (Å²) in [5.41, 5.74) is 14.6. The topological polar surface area (TPSA) is 154 Å². The van der Waals surface area contributed by atoms with Gasteiger partial charge >= 0.3 is 0 Å². The molecule has 0 unspecified atom stereocenters. The quantitative estimate of drug-likeness (QED) is 0.0823. The van der Waals surface area contributed by atoms with Crippen molar-refractivity contribution in [1.82, 2.24) is 10.9 Å². The van der Waals surface area contributed by atoms with E-state index in [9.17, 15) is 24.6 Å². The van der Waals surface area contributed by atoms with Gasteiger partial charge in [-0.05, 0) is 80.3 Å². The van der Waals surface area contributed by atoms with Gasteiger partial charge in [-0.15, -0.1) is 29.8 Å². The van der Waals surface area contributed by atoms with E-state index in [1.165, 1.54) is 0 Å². The number of nitrogen functional groups attached to an aromatic ring is 1. The minimum absolute atomic E-state index is 0. The van der Waals surface area contributed by atoms with Crippen molar-refractivity contribution < 1.29 is 286 Å². The fourth-order valence-electron chi connectivity index (χ4n) is 5.52. The molecule has 2 aliphatic rings. The Hall–Kier alpha value is 3.55.